The second kappa shape index (κ2) is 4.79. The molecule has 1 amide bonds. The van der Waals surface area contributed by atoms with Crippen LogP contribution in [0.2, 0.25) is 0 Å². The summed E-state index contributed by atoms with van der Waals surface area (Å²) >= 11 is 0. The number of nitrogens with one attached hydrogen (secondary N) is 1. The molecule has 94 valence electrons. The van der Waals surface area contributed by atoms with E-state index >= 15 is 0 Å². The van der Waals surface area contributed by atoms with Gasteiger partial charge in [0.1, 0.15) is 0 Å². The Labute approximate surface area is 107 Å². The van der Waals surface area contributed by atoms with Crippen molar-refractivity contribution < 1.29 is 4.79 Å². The highest BCUT2D eigenvalue weighted by molar-refractivity contribution is 5.97. The fourth-order valence-electron chi connectivity index (χ4n) is 2.31. The first-order valence-electron chi connectivity index (χ1n) is 6.06. The number of benzene rings is 1. The van der Waals surface area contributed by atoms with Gasteiger partial charge in [-0.2, -0.15) is 5.26 Å². The third kappa shape index (κ3) is 2.22. The molecule has 1 fully saturated rings. The van der Waals surface area contributed by atoms with Crippen LogP contribution in [0.1, 0.15) is 18.9 Å². The highest BCUT2D eigenvalue weighted by Crippen LogP contribution is 2.29. The molecule has 1 aromatic carbocycles. The average Bonchev–Trinajstić information content (AvgIpc) is 2.85. The van der Waals surface area contributed by atoms with E-state index in [-0.39, 0.29) is 11.3 Å². The number of hydrogen-bond donors (Lipinski definition) is 1. The summed E-state index contributed by atoms with van der Waals surface area (Å²) in [7, 11) is 1.77. The topological polar surface area (TPSA) is 56.1 Å². The molecule has 1 unspecified atom stereocenters. The molecule has 1 heterocycles. The molecule has 1 aliphatic heterocycles. The predicted molar refractivity (Wildman–Crippen MR) is 70.2 cm³/mol. The van der Waals surface area contributed by atoms with E-state index in [4.69, 9.17) is 5.26 Å². The largest absolute Gasteiger partial charge is 0.316 e. The molecular formula is C14H17N3O. The molecule has 1 aliphatic rings. The van der Waals surface area contributed by atoms with Crippen molar-refractivity contribution >= 4 is 11.6 Å². The van der Waals surface area contributed by atoms with Crippen LogP contribution in [0.25, 0.3) is 0 Å². The maximum atomic E-state index is 12.5. The number of anilines is 1. The minimum atomic E-state index is -0.336. The Hall–Kier alpha value is -1.86. The number of amides is 1. The van der Waals surface area contributed by atoms with Gasteiger partial charge in [0.05, 0.1) is 17.0 Å². The first-order chi connectivity index (χ1) is 8.57. The number of nitriles is 1. The zero-order valence-corrected chi connectivity index (χ0v) is 10.7. The van der Waals surface area contributed by atoms with E-state index in [9.17, 15) is 4.79 Å². The van der Waals surface area contributed by atoms with E-state index in [1.807, 2.05) is 13.0 Å². The molecule has 4 nitrogen and oxygen atoms in total. The molecular weight excluding hydrogens is 226 g/mol. The first kappa shape index (κ1) is 12.6. The van der Waals surface area contributed by atoms with Gasteiger partial charge >= 0.3 is 0 Å². The van der Waals surface area contributed by atoms with Crippen molar-refractivity contribution in [1.29, 1.82) is 5.26 Å². The molecule has 1 atom stereocenters. The van der Waals surface area contributed by atoms with Crippen LogP contribution in [0, 0.1) is 16.7 Å². The summed E-state index contributed by atoms with van der Waals surface area (Å²) in [4.78, 5) is 14.1. The number of carbonyl (C=O) groups excluding carboxylic acids is 1. The van der Waals surface area contributed by atoms with E-state index in [2.05, 4.69) is 11.4 Å². The van der Waals surface area contributed by atoms with Gasteiger partial charge in [-0.05, 0) is 38.1 Å². The highest BCUT2D eigenvalue weighted by Gasteiger charge is 2.38. The van der Waals surface area contributed by atoms with Crippen molar-refractivity contribution in [3.05, 3.63) is 29.8 Å². The van der Waals surface area contributed by atoms with E-state index < -0.39 is 0 Å². The number of carbonyl (C=O) groups is 1. The second-order valence-electron chi connectivity index (χ2n) is 5.01. The van der Waals surface area contributed by atoms with Crippen molar-refractivity contribution in [3.63, 3.8) is 0 Å². The Morgan fingerprint density at radius 2 is 2.33 bits per heavy atom. The van der Waals surface area contributed by atoms with Crippen molar-refractivity contribution in [2.75, 3.05) is 25.0 Å². The van der Waals surface area contributed by atoms with Crippen LogP contribution in [0.3, 0.4) is 0 Å². The summed E-state index contributed by atoms with van der Waals surface area (Å²) in [5, 5.41) is 12.1. The molecule has 0 aromatic heterocycles. The summed E-state index contributed by atoms with van der Waals surface area (Å²) < 4.78 is 0. The molecule has 0 aliphatic carbocycles. The zero-order chi connectivity index (χ0) is 13.2. The molecule has 2 rings (SSSR count). The Morgan fingerprint density at radius 1 is 1.56 bits per heavy atom. The van der Waals surface area contributed by atoms with Gasteiger partial charge in [0.2, 0.25) is 5.91 Å². The normalized spacial score (nSPS) is 22.5. The van der Waals surface area contributed by atoms with Crippen LogP contribution in [-0.4, -0.2) is 26.0 Å². The summed E-state index contributed by atoms with van der Waals surface area (Å²) in [6.07, 6.45) is 0.855. The van der Waals surface area contributed by atoms with Crippen LogP contribution in [-0.2, 0) is 4.79 Å². The molecule has 4 heteroatoms. The Balaban J connectivity index is 2.23. The smallest absolute Gasteiger partial charge is 0.233 e. The number of rotatable bonds is 2. The molecule has 0 spiro atoms. The van der Waals surface area contributed by atoms with E-state index in [0.717, 1.165) is 18.7 Å². The van der Waals surface area contributed by atoms with Gasteiger partial charge < -0.3 is 10.2 Å². The van der Waals surface area contributed by atoms with Crippen LogP contribution < -0.4 is 10.2 Å². The lowest BCUT2D eigenvalue weighted by Gasteiger charge is -2.28. The predicted octanol–water partition coefficient (Wildman–Crippen LogP) is 1.52. The maximum Gasteiger partial charge on any atom is 0.233 e. The van der Waals surface area contributed by atoms with E-state index in [1.54, 1.807) is 30.1 Å². The first-order valence-corrected chi connectivity index (χ1v) is 6.06. The summed E-state index contributed by atoms with van der Waals surface area (Å²) in [6.45, 7) is 3.59. The Bertz CT molecular complexity index is 498. The molecule has 1 N–H and O–H groups in total. The molecule has 0 bridgehead atoms. The van der Waals surface area contributed by atoms with Crippen molar-refractivity contribution in [2.24, 2.45) is 5.41 Å². The monoisotopic (exact) mass is 243 g/mol. The fraction of sp³-hybridized carbons (Fsp3) is 0.429. The third-order valence-corrected chi connectivity index (χ3v) is 3.55. The second-order valence-corrected chi connectivity index (χ2v) is 5.01. The fourth-order valence-corrected chi connectivity index (χ4v) is 2.31. The highest BCUT2D eigenvalue weighted by atomic mass is 16.2. The summed E-state index contributed by atoms with van der Waals surface area (Å²) in [5.41, 5.74) is 1.01. The summed E-state index contributed by atoms with van der Waals surface area (Å²) in [6, 6.07) is 9.22. The van der Waals surface area contributed by atoms with Crippen molar-refractivity contribution in [3.8, 4) is 6.07 Å². The third-order valence-electron chi connectivity index (χ3n) is 3.55. The van der Waals surface area contributed by atoms with E-state index in [0.29, 0.717) is 12.1 Å². The molecule has 1 saturated heterocycles. The minimum absolute atomic E-state index is 0.0996. The van der Waals surface area contributed by atoms with Crippen LogP contribution in [0.15, 0.2) is 24.3 Å². The number of hydrogen-bond acceptors (Lipinski definition) is 3. The number of nitrogens with zero attached hydrogens (tertiary/aromatic N) is 2. The van der Waals surface area contributed by atoms with Crippen LogP contribution >= 0.6 is 0 Å². The zero-order valence-electron chi connectivity index (χ0n) is 10.7. The SMILES string of the molecule is CN(C(=O)C1(C)CCNC1)c1cccc(C#N)c1. The van der Waals surface area contributed by atoms with Gasteiger partial charge in [-0.25, -0.2) is 0 Å². The van der Waals surface area contributed by atoms with Crippen LogP contribution in [0.4, 0.5) is 5.69 Å². The summed E-state index contributed by atoms with van der Waals surface area (Å²) in [5.74, 6) is 0.0996. The maximum absolute atomic E-state index is 12.5. The van der Waals surface area contributed by atoms with Gasteiger partial charge in [0, 0.05) is 19.3 Å². The lowest BCUT2D eigenvalue weighted by atomic mass is 9.88. The molecule has 0 radical (unpaired) electrons. The molecule has 0 saturated carbocycles. The van der Waals surface area contributed by atoms with Crippen molar-refractivity contribution in [1.82, 2.24) is 5.32 Å². The van der Waals surface area contributed by atoms with Gasteiger partial charge in [0.25, 0.3) is 0 Å². The van der Waals surface area contributed by atoms with Gasteiger partial charge in [-0.15, -0.1) is 0 Å². The Morgan fingerprint density at radius 3 is 2.94 bits per heavy atom. The lowest BCUT2D eigenvalue weighted by Crippen LogP contribution is -2.41. The van der Waals surface area contributed by atoms with Crippen molar-refractivity contribution in [2.45, 2.75) is 13.3 Å². The minimum Gasteiger partial charge on any atom is -0.316 e. The quantitative estimate of drug-likeness (QED) is 0.856. The van der Waals surface area contributed by atoms with Gasteiger partial charge in [-0.3, -0.25) is 4.79 Å². The Kier molecular flexibility index (Phi) is 3.35. The lowest BCUT2D eigenvalue weighted by molar-refractivity contribution is -0.126. The van der Waals surface area contributed by atoms with Gasteiger partial charge in [-0.1, -0.05) is 6.07 Å². The van der Waals surface area contributed by atoms with Gasteiger partial charge in [0.15, 0.2) is 0 Å². The standard InChI is InChI=1S/C14H17N3O/c1-14(6-7-16-10-14)13(18)17(2)12-5-3-4-11(8-12)9-15/h3-5,8,16H,6-7,10H2,1-2H3. The molecule has 18 heavy (non-hydrogen) atoms. The van der Waals surface area contributed by atoms with Crippen LogP contribution in [0.5, 0.6) is 0 Å². The van der Waals surface area contributed by atoms with E-state index in [1.165, 1.54) is 0 Å². The average molecular weight is 243 g/mol. The molecule has 1 aromatic rings.